The van der Waals surface area contributed by atoms with Crippen molar-refractivity contribution in [2.45, 2.75) is 44.4 Å². The number of ether oxygens (including phenoxy) is 1. The maximum Gasteiger partial charge on any atom is 0.0951 e. The van der Waals surface area contributed by atoms with Crippen LogP contribution in [0.15, 0.2) is 12.5 Å². The third-order valence-electron chi connectivity index (χ3n) is 3.25. The van der Waals surface area contributed by atoms with E-state index in [-0.39, 0.29) is 6.04 Å². The van der Waals surface area contributed by atoms with Crippen molar-refractivity contribution in [1.82, 2.24) is 9.55 Å². The molecule has 1 heterocycles. The number of hydrogen-bond acceptors (Lipinski definition) is 3. The summed E-state index contributed by atoms with van der Waals surface area (Å²) in [5.41, 5.74) is 7.02. The summed E-state index contributed by atoms with van der Waals surface area (Å²) in [7, 11) is 1.79. The Bertz CT molecular complexity index is 321. The van der Waals surface area contributed by atoms with Crippen molar-refractivity contribution in [2.24, 2.45) is 5.73 Å². The summed E-state index contributed by atoms with van der Waals surface area (Å²) in [5, 5.41) is 0. The molecule has 84 valence electrons. The second kappa shape index (κ2) is 4.33. The fourth-order valence-corrected chi connectivity index (χ4v) is 2.36. The predicted octanol–water partition coefficient (Wildman–Crippen LogP) is 1.64. The van der Waals surface area contributed by atoms with Gasteiger partial charge in [0.2, 0.25) is 0 Å². The lowest BCUT2D eigenvalue weighted by Crippen LogP contribution is -2.15. The van der Waals surface area contributed by atoms with Crippen LogP contribution in [0, 0.1) is 0 Å². The molecule has 15 heavy (non-hydrogen) atoms. The van der Waals surface area contributed by atoms with E-state index in [0.29, 0.717) is 12.1 Å². The van der Waals surface area contributed by atoms with Crippen molar-refractivity contribution in [3.05, 3.63) is 18.2 Å². The molecule has 1 saturated carbocycles. The molecule has 1 aliphatic carbocycles. The smallest absolute Gasteiger partial charge is 0.0951 e. The lowest BCUT2D eigenvalue weighted by molar-refractivity contribution is 0.105. The molecule has 1 aromatic heterocycles. The molecule has 0 spiro atoms. The molecule has 0 amide bonds. The summed E-state index contributed by atoms with van der Waals surface area (Å²) in [5.74, 6) is 0. The SMILES string of the molecule is COC1CCC(n2cncc2[C@@H](C)N)C1. The number of nitrogens with zero attached hydrogens (tertiary/aromatic N) is 2. The highest BCUT2D eigenvalue weighted by Crippen LogP contribution is 2.33. The molecule has 1 fully saturated rings. The highest BCUT2D eigenvalue weighted by Gasteiger charge is 2.27. The van der Waals surface area contributed by atoms with Gasteiger partial charge in [0.05, 0.1) is 18.1 Å². The first kappa shape index (κ1) is 10.6. The van der Waals surface area contributed by atoms with Crippen molar-refractivity contribution in [3.8, 4) is 0 Å². The zero-order valence-electron chi connectivity index (χ0n) is 9.39. The maximum atomic E-state index is 5.90. The number of methoxy groups -OCH3 is 1. The number of hydrogen-bond donors (Lipinski definition) is 1. The summed E-state index contributed by atoms with van der Waals surface area (Å²) in [4.78, 5) is 4.18. The van der Waals surface area contributed by atoms with Crippen molar-refractivity contribution in [3.63, 3.8) is 0 Å². The van der Waals surface area contributed by atoms with Gasteiger partial charge in [-0.05, 0) is 26.2 Å². The van der Waals surface area contributed by atoms with Gasteiger partial charge in [0.15, 0.2) is 0 Å². The average Bonchev–Trinajstić information content (AvgIpc) is 2.85. The lowest BCUT2D eigenvalue weighted by Gasteiger charge is -2.17. The zero-order valence-corrected chi connectivity index (χ0v) is 9.39. The van der Waals surface area contributed by atoms with E-state index in [0.717, 1.165) is 25.0 Å². The summed E-state index contributed by atoms with van der Waals surface area (Å²) >= 11 is 0. The molecule has 4 nitrogen and oxygen atoms in total. The molecule has 0 aromatic carbocycles. The Kier molecular flexibility index (Phi) is 3.07. The minimum absolute atomic E-state index is 0.0501. The summed E-state index contributed by atoms with van der Waals surface area (Å²) in [6, 6.07) is 0.563. The molecule has 3 atom stereocenters. The molecule has 4 heteroatoms. The van der Waals surface area contributed by atoms with E-state index in [9.17, 15) is 0 Å². The van der Waals surface area contributed by atoms with Gasteiger partial charge in [-0.15, -0.1) is 0 Å². The van der Waals surface area contributed by atoms with Gasteiger partial charge >= 0.3 is 0 Å². The van der Waals surface area contributed by atoms with Crippen LogP contribution in [-0.2, 0) is 4.74 Å². The van der Waals surface area contributed by atoms with Gasteiger partial charge in [-0.1, -0.05) is 0 Å². The van der Waals surface area contributed by atoms with Gasteiger partial charge in [0, 0.05) is 25.4 Å². The Morgan fingerprint density at radius 1 is 1.60 bits per heavy atom. The third-order valence-corrected chi connectivity index (χ3v) is 3.25. The van der Waals surface area contributed by atoms with Crippen LogP contribution in [0.25, 0.3) is 0 Å². The van der Waals surface area contributed by atoms with Gasteiger partial charge in [0.25, 0.3) is 0 Å². The minimum atomic E-state index is 0.0501. The molecule has 1 aromatic rings. The van der Waals surface area contributed by atoms with E-state index in [2.05, 4.69) is 9.55 Å². The average molecular weight is 209 g/mol. The normalized spacial score (nSPS) is 28.2. The molecular weight excluding hydrogens is 190 g/mol. The molecular formula is C11H19N3O. The van der Waals surface area contributed by atoms with Crippen LogP contribution in [0.3, 0.4) is 0 Å². The van der Waals surface area contributed by atoms with Crippen LogP contribution in [0.4, 0.5) is 0 Å². The summed E-state index contributed by atoms with van der Waals surface area (Å²) < 4.78 is 7.59. The fraction of sp³-hybridized carbons (Fsp3) is 0.727. The van der Waals surface area contributed by atoms with Crippen molar-refractivity contribution >= 4 is 0 Å². The lowest BCUT2D eigenvalue weighted by atomic mass is 10.2. The molecule has 1 aliphatic rings. The van der Waals surface area contributed by atoms with Gasteiger partial charge in [-0.2, -0.15) is 0 Å². The van der Waals surface area contributed by atoms with E-state index >= 15 is 0 Å². The first-order valence-electron chi connectivity index (χ1n) is 5.52. The van der Waals surface area contributed by atoms with Gasteiger partial charge in [0.1, 0.15) is 0 Å². The Morgan fingerprint density at radius 2 is 2.40 bits per heavy atom. The molecule has 2 unspecified atom stereocenters. The molecule has 0 radical (unpaired) electrons. The maximum absolute atomic E-state index is 5.90. The topological polar surface area (TPSA) is 53.1 Å². The van der Waals surface area contributed by atoms with Crippen molar-refractivity contribution < 1.29 is 4.74 Å². The molecule has 0 saturated heterocycles. The second-order valence-electron chi connectivity index (χ2n) is 4.34. The standard InChI is InChI=1S/C11H19N3O/c1-8(12)11-6-13-7-14(11)9-3-4-10(5-9)15-2/h6-10H,3-5,12H2,1-2H3/t8-,9?,10?/m1/s1. The number of rotatable bonds is 3. The van der Waals surface area contributed by atoms with E-state index in [1.165, 1.54) is 0 Å². The van der Waals surface area contributed by atoms with Crippen LogP contribution in [0.1, 0.15) is 44.0 Å². The highest BCUT2D eigenvalue weighted by atomic mass is 16.5. The van der Waals surface area contributed by atoms with Crippen LogP contribution < -0.4 is 5.73 Å². The first-order chi connectivity index (χ1) is 7.22. The molecule has 0 aliphatic heterocycles. The minimum Gasteiger partial charge on any atom is -0.381 e. The number of nitrogens with two attached hydrogens (primary N) is 1. The summed E-state index contributed by atoms with van der Waals surface area (Å²) in [6.07, 6.45) is 7.53. The molecule has 2 rings (SSSR count). The largest absolute Gasteiger partial charge is 0.381 e. The van der Waals surface area contributed by atoms with E-state index in [1.807, 2.05) is 19.4 Å². The fourth-order valence-electron chi connectivity index (χ4n) is 2.36. The Hall–Kier alpha value is -0.870. The number of imidazole rings is 1. The van der Waals surface area contributed by atoms with Crippen LogP contribution in [0.5, 0.6) is 0 Å². The highest BCUT2D eigenvalue weighted by molar-refractivity contribution is 5.06. The quantitative estimate of drug-likeness (QED) is 0.823. The first-order valence-corrected chi connectivity index (χ1v) is 5.52. The second-order valence-corrected chi connectivity index (χ2v) is 4.34. The van der Waals surface area contributed by atoms with Crippen molar-refractivity contribution in [1.29, 1.82) is 0 Å². The van der Waals surface area contributed by atoms with Gasteiger partial charge in [-0.3, -0.25) is 0 Å². The Balaban J connectivity index is 2.13. The van der Waals surface area contributed by atoms with Crippen LogP contribution in [-0.4, -0.2) is 22.8 Å². The van der Waals surface area contributed by atoms with E-state index in [1.54, 1.807) is 7.11 Å². The van der Waals surface area contributed by atoms with Gasteiger partial charge < -0.3 is 15.0 Å². The van der Waals surface area contributed by atoms with E-state index < -0.39 is 0 Å². The monoisotopic (exact) mass is 209 g/mol. The molecule has 0 bridgehead atoms. The molecule has 2 N–H and O–H groups in total. The van der Waals surface area contributed by atoms with E-state index in [4.69, 9.17) is 10.5 Å². The number of aromatic nitrogens is 2. The Labute approximate surface area is 90.4 Å². The van der Waals surface area contributed by atoms with Crippen molar-refractivity contribution in [2.75, 3.05) is 7.11 Å². The Morgan fingerprint density at radius 3 is 3.00 bits per heavy atom. The predicted molar refractivity (Wildman–Crippen MR) is 58.5 cm³/mol. The van der Waals surface area contributed by atoms with Crippen LogP contribution >= 0.6 is 0 Å². The van der Waals surface area contributed by atoms with Crippen LogP contribution in [0.2, 0.25) is 0 Å². The summed E-state index contributed by atoms with van der Waals surface area (Å²) in [6.45, 7) is 2.00. The van der Waals surface area contributed by atoms with Gasteiger partial charge in [-0.25, -0.2) is 4.98 Å². The third kappa shape index (κ3) is 2.06. The zero-order chi connectivity index (χ0) is 10.8.